The molecule has 0 saturated carbocycles. The Labute approximate surface area is 98.8 Å². The van der Waals surface area contributed by atoms with Gasteiger partial charge in [-0.25, -0.2) is 9.53 Å². The zero-order chi connectivity index (χ0) is 12.7. The Morgan fingerprint density at radius 2 is 2.06 bits per heavy atom. The van der Waals surface area contributed by atoms with Crippen molar-refractivity contribution < 1.29 is 17.9 Å². The molecule has 0 spiro atoms. The van der Waals surface area contributed by atoms with Gasteiger partial charge in [-0.1, -0.05) is 18.2 Å². The Morgan fingerprint density at radius 1 is 1.41 bits per heavy atom. The molecule has 0 amide bonds. The van der Waals surface area contributed by atoms with Gasteiger partial charge in [0, 0.05) is 18.7 Å². The summed E-state index contributed by atoms with van der Waals surface area (Å²) < 4.78 is 36.8. The second-order valence-corrected chi connectivity index (χ2v) is 5.69. The topological polar surface area (TPSA) is 83.6 Å². The highest BCUT2D eigenvalue weighted by Crippen LogP contribution is 2.33. The van der Waals surface area contributed by atoms with Crippen LogP contribution in [0.2, 0.25) is 0 Å². The molecule has 94 valence electrons. The third-order valence-corrected chi connectivity index (χ3v) is 3.98. The van der Waals surface area contributed by atoms with Crippen LogP contribution >= 0.6 is 0 Å². The maximum Gasteiger partial charge on any atom is 0.277 e. The fourth-order valence-corrected chi connectivity index (χ4v) is 2.77. The highest BCUT2D eigenvalue weighted by Gasteiger charge is 2.42. The summed E-state index contributed by atoms with van der Waals surface area (Å²) in [7, 11) is -3.84. The van der Waals surface area contributed by atoms with Crippen molar-refractivity contribution in [3.05, 3.63) is 35.6 Å². The lowest BCUT2D eigenvalue weighted by Gasteiger charge is -2.23. The number of hydrogen-bond donors (Lipinski definition) is 2. The minimum atomic E-state index is -3.84. The first-order valence-corrected chi connectivity index (χ1v) is 6.58. The lowest BCUT2D eigenvalue weighted by molar-refractivity contribution is 0.0493. The van der Waals surface area contributed by atoms with Gasteiger partial charge in [0.2, 0.25) is 0 Å². The van der Waals surface area contributed by atoms with Crippen molar-refractivity contribution in [2.24, 2.45) is 5.14 Å². The molecule has 1 aliphatic rings. The summed E-state index contributed by atoms with van der Waals surface area (Å²) in [6, 6.07) is 5.78. The first-order valence-electron chi connectivity index (χ1n) is 5.08. The van der Waals surface area contributed by atoms with E-state index in [1.54, 1.807) is 6.07 Å². The largest absolute Gasteiger partial charge is 0.384 e. The van der Waals surface area contributed by atoms with Gasteiger partial charge in [0.15, 0.2) is 0 Å². The number of hydrogen-bond acceptors (Lipinski definition) is 3. The Morgan fingerprint density at radius 3 is 2.59 bits per heavy atom. The van der Waals surface area contributed by atoms with Gasteiger partial charge in [0.05, 0.1) is 0 Å². The van der Waals surface area contributed by atoms with Crippen molar-refractivity contribution in [2.45, 2.75) is 12.0 Å². The van der Waals surface area contributed by atoms with Crippen molar-refractivity contribution in [2.75, 3.05) is 13.1 Å². The summed E-state index contributed by atoms with van der Waals surface area (Å²) in [4.78, 5) is 0. The Kier molecular flexibility index (Phi) is 2.94. The molecular formula is C10H13FN2O3S. The van der Waals surface area contributed by atoms with Gasteiger partial charge < -0.3 is 5.11 Å². The molecule has 0 radical (unpaired) electrons. The monoisotopic (exact) mass is 260 g/mol. The van der Waals surface area contributed by atoms with E-state index in [1.165, 1.54) is 18.2 Å². The molecular weight excluding hydrogens is 247 g/mol. The summed E-state index contributed by atoms with van der Waals surface area (Å²) in [5, 5.41) is 15.2. The quantitative estimate of drug-likeness (QED) is 0.780. The van der Waals surface area contributed by atoms with E-state index in [0.717, 1.165) is 4.31 Å². The van der Waals surface area contributed by atoms with E-state index >= 15 is 0 Å². The van der Waals surface area contributed by atoms with Crippen LogP contribution in [-0.4, -0.2) is 30.9 Å². The predicted molar refractivity (Wildman–Crippen MR) is 59.6 cm³/mol. The maximum absolute atomic E-state index is 13.6. The van der Waals surface area contributed by atoms with E-state index in [2.05, 4.69) is 0 Å². The molecule has 17 heavy (non-hydrogen) atoms. The van der Waals surface area contributed by atoms with Crippen LogP contribution in [0.25, 0.3) is 0 Å². The van der Waals surface area contributed by atoms with Gasteiger partial charge in [-0.2, -0.15) is 12.7 Å². The second-order valence-electron chi connectivity index (χ2n) is 4.14. The minimum Gasteiger partial charge on any atom is -0.384 e. The zero-order valence-corrected chi connectivity index (χ0v) is 9.82. The molecule has 1 atom stereocenters. The maximum atomic E-state index is 13.6. The molecule has 0 aromatic heterocycles. The average Bonchev–Trinajstić information content (AvgIpc) is 2.62. The fraction of sp³-hybridized carbons (Fsp3) is 0.400. The molecule has 5 nitrogen and oxygen atoms in total. The molecule has 1 fully saturated rings. The van der Waals surface area contributed by atoms with Crippen LogP contribution in [0.5, 0.6) is 0 Å². The average molecular weight is 260 g/mol. The smallest absolute Gasteiger partial charge is 0.277 e. The van der Waals surface area contributed by atoms with E-state index in [0.29, 0.717) is 0 Å². The molecule has 3 N–H and O–H groups in total. The van der Waals surface area contributed by atoms with E-state index in [9.17, 15) is 17.9 Å². The first kappa shape index (κ1) is 12.4. The standard InChI is InChI=1S/C10H13FN2O3S/c11-9-4-2-1-3-8(9)10(14)5-6-13(7-10)17(12,15)16/h1-4,14H,5-7H2,(H2,12,15,16). The molecule has 1 heterocycles. The van der Waals surface area contributed by atoms with Crippen LogP contribution in [-0.2, 0) is 15.8 Å². The van der Waals surface area contributed by atoms with Gasteiger partial charge in [-0.15, -0.1) is 0 Å². The van der Waals surface area contributed by atoms with E-state index in [1.807, 2.05) is 0 Å². The van der Waals surface area contributed by atoms with Gasteiger partial charge >= 0.3 is 0 Å². The summed E-state index contributed by atoms with van der Waals surface area (Å²) in [5.41, 5.74) is -1.40. The Bertz CT molecular complexity index is 534. The van der Waals surface area contributed by atoms with Crippen LogP contribution in [0.3, 0.4) is 0 Å². The van der Waals surface area contributed by atoms with Crippen molar-refractivity contribution in [1.82, 2.24) is 4.31 Å². The van der Waals surface area contributed by atoms with Gasteiger partial charge in [0.25, 0.3) is 10.2 Å². The van der Waals surface area contributed by atoms with Crippen LogP contribution in [0.15, 0.2) is 24.3 Å². The molecule has 1 aliphatic heterocycles. The van der Waals surface area contributed by atoms with Gasteiger partial charge in [0.1, 0.15) is 11.4 Å². The van der Waals surface area contributed by atoms with Crippen LogP contribution in [0.1, 0.15) is 12.0 Å². The zero-order valence-electron chi connectivity index (χ0n) is 9.01. The second kappa shape index (κ2) is 4.02. The van der Waals surface area contributed by atoms with Crippen molar-refractivity contribution in [3.63, 3.8) is 0 Å². The summed E-state index contributed by atoms with van der Waals surface area (Å²) in [5.74, 6) is -0.550. The lowest BCUT2D eigenvalue weighted by atomic mass is 9.93. The summed E-state index contributed by atoms with van der Waals surface area (Å²) in [6.07, 6.45) is 0.129. The molecule has 2 rings (SSSR count). The Hall–Kier alpha value is -1.02. The van der Waals surface area contributed by atoms with Gasteiger partial charge in [-0.05, 0) is 12.5 Å². The number of aliphatic hydroxyl groups is 1. The van der Waals surface area contributed by atoms with E-state index in [-0.39, 0.29) is 25.1 Å². The van der Waals surface area contributed by atoms with Gasteiger partial charge in [-0.3, -0.25) is 0 Å². The highest BCUT2D eigenvalue weighted by atomic mass is 32.2. The normalized spacial score (nSPS) is 26.3. The van der Waals surface area contributed by atoms with Crippen LogP contribution in [0.4, 0.5) is 4.39 Å². The van der Waals surface area contributed by atoms with E-state index < -0.39 is 21.6 Å². The molecule has 1 aromatic carbocycles. The fourth-order valence-electron chi connectivity index (χ4n) is 2.04. The van der Waals surface area contributed by atoms with Crippen LogP contribution < -0.4 is 5.14 Å². The summed E-state index contributed by atoms with van der Waals surface area (Å²) in [6.45, 7) is -0.129. The molecule has 0 bridgehead atoms. The molecule has 7 heteroatoms. The molecule has 0 aliphatic carbocycles. The number of rotatable bonds is 2. The predicted octanol–water partition coefficient (Wildman–Crippen LogP) is -0.0775. The Balaban J connectivity index is 2.32. The van der Waals surface area contributed by atoms with Crippen molar-refractivity contribution >= 4 is 10.2 Å². The number of nitrogens with two attached hydrogens (primary N) is 1. The number of benzene rings is 1. The molecule has 1 saturated heterocycles. The third kappa shape index (κ3) is 2.32. The SMILES string of the molecule is NS(=O)(=O)N1CCC(O)(c2ccccc2F)C1. The number of halogens is 1. The molecule has 1 unspecified atom stereocenters. The first-order chi connectivity index (χ1) is 7.83. The molecule has 1 aromatic rings. The number of nitrogens with zero attached hydrogens (tertiary/aromatic N) is 1. The van der Waals surface area contributed by atoms with Crippen LogP contribution in [0, 0.1) is 5.82 Å². The summed E-state index contributed by atoms with van der Waals surface area (Å²) >= 11 is 0. The van der Waals surface area contributed by atoms with Crippen molar-refractivity contribution in [1.29, 1.82) is 0 Å². The third-order valence-electron chi connectivity index (χ3n) is 2.95. The minimum absolute atomic E-state index is 0.0870. The van der Waals surface area contributed by atoms with E-state index in [4.69, 9.17) is 5.14 Å². The van der Waals surface area contributed by atoms with Crippen molar-refractivity contribution in [3.8, 4) is 0 Å². The highest BCUT2D eigenvalue weighted by molar-refractivity contribution is 7.86. The lowest BCUT2D eigenvalue weighted by Crippen LogP contribution is -2.38. The number of β-amino-alcohol motifs (C(OH)–C–C–N with tert-alkyl or cyclic N) is 1.